The molecule has 3 nitrogen and oxygen atoms in total. The number of benzene rings is 2. The molecule has 0 amide bonds. The van der Waals surface area contributed by atoms with Crippen molar-refractivity contribution in [3.05, 3.63) is 58.6 Å². The van der Waals surface area contributed by atoms with E-state index in [1.54, 1.807) is 48.5 Å². The zero-order chi connectivity index (χ0) is 13.8. The Bertz CT molecular complexity index is 556. The van der Waals surface area contributed by atoms with Crippen molar-refractivity contribution >= 4 is 60.5 Å². The average molecular weight is 429 g/mol. The van der Waals surface area contributed by atoms with Gasteiger partial charge in [-0.15, -0.1) is 0 Å². The molecule has 0 radical (unpaired) electrons. The van der Waals surface area contributed by atoms with E-state index in [9.17, 15) is 7.67 Å². The maximum absolute atomic E-state index is 12.0. The van der Waals surface area contributed by atoms with Gasteiger partial charge in [-0.25, -0.2) is 0 Å². The molecule has 100 valence electrons. The second-order valence-electron chi connectivity index (χ2n) is 3.45. The average Bonchev–Trinajstić information content (AvgIpc) is 2.40. The van der Waals surface area contributed by atoms with Crippen LogP contribution in [0.15, 0.2) is 48.5 Å². The zero-order valence-corrected chi connectivity index (χ0v) is 14.4. The molecule has 0 aliphatic heterocycles. The quantitative estimate of drug-likeness (QED) is 0.699. The van der Waals surface area contributed by atoms with Crippen molar-refractivity contribution in [3.63, 3.8) is 0 Å². The van der Waals surface area contributed by atoms with Crippen LogP contribution in [0.25, 0.3) is 0 Å². The number of rotatable bonds is 4. The minimum atomic E-state index is -2.78. The van der Waals surface area contributed by atoms with Gasteiger partial charge in [0.05, 0.1) is 0 Å². The van der Waals surface area contributed by atoms with E-state index in [4.69, 9.17) is 26.1 Å². The molecule has 2 rings (SSSR count). The Morgan fingerprint density at radius 1 is 0.684 bits per heavy atom. The number of hydrogen-bond acceptors (Lipinski definition) is 3. The van der Waals surface area contributed by atoms with Gasteiger partial charge in [-0.05, 0) is 0 Å². The van der Waals surface area contributed by atoms with Crippen LogP contribution >= 0.6 is 23.2 Å². The van der Waals surface area contributed by atoms with Gasteiger partial charge in [-0.2, -0.15) is 0 Å². The molecule has 2 aromatic rings. The summed E-state index contributed by atoms with van der Waals surface area (Å²) in [5.41, 5.74) is 0. The monoisotopic (exact) mass is 430 g/mol. The number of halogens is 2. The van der Waals surface area contributed by atoms with Crippen LogP contribution < -0.4 is 8.92 Å². The summed E-state index contributed by atoms with van der Waals surface area (Å²) in [4.78, 5) is 0. The summed E-state index contributed by atoms with van der Waals surface area (Å²) in [6.07, 6.45) is 0. The van der Waals surface area contributed by atoms with Crippen LogP contribution in [-0.2, 0) is 10.6 Å². The molecule has 0 fully saturated rings. The van der Waals surface area contributed by atoms with Crippen molar-refractivity contribution < 1.29 is 10.6 Å². The Labute approximate surface area is 129 Å². The van der Waals surface area contributed by atoms with E-state index in [-0.39, 0.29) is 0 Å². The van der Waals surface area contributed by atoms with E-state index in [1.165, 1.54) is 0 Å². The molecule has 0 saturated heterocycles. The molecular formula is C12H8Cl2O3Se2. The van der Waals surface area contributed by atoms with Gasteiger partial charge in [0.2, 0.25) is 0 Å². The van der Waals surface area contributed by atoms with Gasteiger partial charge in [-0.1, -0.05) is 0 Å². The first kappa shape index (κ1) is 15.0. The topological polar surface area (TPSA) is 43.4 Å². The van der Waals surface area contributed by atoms with Crippen molar-refractivity contribution in [1.29, 1.82) is 0 Å². The summed E-state index contributed by atoms with van der Waals surface area (Å²) in [7, 11) is 0. The first-order valence-corrected chi connectivity index (χ1v) is 10.4. The third kappa shape index (κ3) is 4.30. The Morgan fingerprint density at radius 3 is 1.32 bits per heavy atom. The van der Waals surface area contributed by atoms with Gasteiger partial charge in [-0.3, -0.25) is 0 Å². The van der Waals surface area contributed by atoms with E-state index < -0.39 is 28.3 Å². The Kier molecular flexibility index (Phi) is 5.43. The van der Waals surface area contributed by atoms with Gasteiger partial charge in [0.15, 0.2) is 0 Å². The first-order chi connectivity index (χ1) is 9.06. The van der Waals surface area contributed by atoms with Crippen LogP contribution in [0, 0.1) is 0 Å². The molecule has 0 unspecified atom stereocenters. The Hall–Kier alpha value is -0.381. The molecule has 0 aliphatic rings. The van der Waals surface area contributed by atoms with Crippen LogP contribution in [-0.4, -0.2) is 28.3 Å². The van der Waals surface area contributed by atoms with Crippen LogP contribution in [0.1, 0.15) is 0 Å². The molecule has 2 aromatic carbocycles. The molecule has 7 heteroatoms. The third-order valence-corrected chi connectivity index (χ3v) is 8.61. The molecule has 0 atom stereocenters. The van der Waals surface area contributed by atoms with E-state index in [0.29, 0.717) is 19.0 Å². The van der Waals surface area contributed by atoms with Crippen LogP contribution in [0.5, 0.6) is 0 Å². The Morgan fingerprint density at radius 2 is 1.00 bits per heavy atom. The van der Waals surface area contributed by atoms with Gasteiger partial charge in [0.25, 0.3) is 0 Å². The van der Waals surface area contributed by atoms with Crippen molar-refractivity contribution in [2.45, 2.75) is 0 Å². The SMILES string of the molecule is O=[Se](O[Se](=O)c1ccc(Cl)cc1)c1ccc(Cl)cc1. The molecule has 0 N–H and O–H groups in total. The van der Waals surface area contributed by atoms with E-state index in [0.717, 1.165) is 0 Å². The van der Waals surface area contributed by atoms with E-state index in [2.05, 4.69) is 0 Å². The fourth-order valence-corrected chi connectivity index (χ4v) is 6.48. The van der Waals surface area contributed by atoms with Crippen molar-refractivity contribution in [1.82, 2.24) is 0 Å². The molecule has 0 saturated carbocycles. The molecule has 0 aromatic heterocycles. The van der Waals surface area contributed by atoms with Crippen molar-refractivity contribution in [2.75, 3.05) is 0 Å². The molecular weight excluding hydrogens is 421 g/mol. The van der Waals surface area contributed by atoms with Gasteiger partial charge in [0, 0.05) is 0 Å². The maximum atomic E-state index is 12.0. The standard InChI is InChI=1S/C12H8Cl2O3Se2/c13-9-1-5-11(6-2-9)18(15)17-19(16)12-7-3-10(14)4-8-12/h1-8H. The predicted octanol–water partition coefficient (Wildman–Crippen LogP) is 1.96. The summed E-state index contributed by atoms with van der Waals surface area (Å²) < 4.78 is 30.1. The normalized spacial score (nSPS) is 14.0. The molecule has 19 heavy (non-hydrogen) atoms. The third-order valence-electron chi connectivity index (χ3n) is 2.14. The second kappa shape index (κ2) is 6.87. The first-order valence-electron chi connectivity index (χ1n) is 5.10. The summed E-state index contributed by atoms with van der Waals surface area (Å²) in [6.45, 7) is 0. The van der Waals surface area contributed by atoms with Gasteiger partial charge < -0.3 is 0 Å². The van der Waals surface area contributed by atoms with Crippen LogP contribution in [0.2, 0.25) is 10.0 Å². The summed E-state index contributed by atoms with van der Waals surface area (Å²) >= 11 is 5.92. The van der Waals surface area contributed by atoms with Crippen LogP contribution in [0.4, 0.5) is 0 Å². The van der Waals surface area contributed by atoms with Gasteiger partial charge in [0.1, 0.15) is 0 Å². The summed E-state index contributed by atoms with van der Waals surface area (Å²) in [5.74, 6) is 0. The molecule has 0 aliphatic carbocycles. The minimum absolute atomic E-state index is 0.517. The Balaban J connectivity index is 2.08. The van der Waals surface area contributed by atoms with Crippen LogP contribution in [0.3, 0.4) is 0 Å². The van der Waals surface area contributed by atoms with Gasteiger partial charge >= 0.3 is 130 Å². The van der Waals surface area contributed by atoms with Crippen molar-refractivity contribution in [2.24, 2.45) is 0 Å². The van der Waals surface area contributed by atoms with E-state index in [1.807, 2.05) is 0 Å². The number of hydrogen-bond donors (Lipinski definition) is 0. The molecule has 0 spiro atoms. The summed E-state index contributed by atoms with van der Waals surface area (Å²) in [6, 6.07) is 12.9. The second-order valence-corrected chi connectivity index (χ2v) is 10.0. The predicted molar refractivity (Wildman–Crippen MR) is 76.1 cm³/mol. The fourth-order valence-electron chi connectivity index (χ4n) is 1.23. The van der Waals surface area contributed by atoms with E-state index >= 15 is 0 Å². The summed E-state index contributed by atoms with van der Waals surface area (Å²) in [5, 5.41) is 1.10. The molecule has 0 bridgehead atoms. The fraction of sp³-hybridized carbons (Fsp3) is 0. The zero-order valence-electron chi connectivity index (χ0n) is 9.42. The van der Waals surface area contributed by atoms with Crippen molar-refractivity contribution in [3.8, 4) is 0 Å². The molecule has 0 heterocycles.